The van der Waals surface area contributed by atoms with Crippen molar-refractivity contribution in [2.45, 2.75) is 70.4 Å². The highest BCUT2D eigenvalue weighted by Crippen LogP contribution is 2.38. The van der Waals surface area contributed by atoms with Gasteiger partial charge in [-0.05, 0) is 87.1 Å². The fraction of sp³-hybridized carbons (Fsp3) is 0.481. The second-order valence-corrected chi connectivity index (χ2v) is 10.3. The lowest BCUT2D eigenvalue weighted by Gasteiger charge is -2.34. The predicted molar refractivity (Wildman–Crippen MR) is 136 cm³/mol. The third kappa shape index (κ3) is 4.85. The normalized spacial score (nSPS) is 25.0. The van der Waals surface area contributed by atoms with E-state index in [1.165, 1.54) is 18.6 Å². The summed E-state index contributed by atoms with van der Waals surface area (Å²) in [7, 11) is 0. The van der Waals surface area contributed by atoms with Gasteiger partial charge in [0.05, 0.1) is 17.4 Å². The quantitative estimate of drug-likeness (QED) is 0.548. The van der Waals surface area contributed by atoms with Gasteiger partial charge in [0.2, 0.25) is 0 Å². The van der Waals surface area contributed by atoms with Gasteiger partial charge in [-0.3, -0.25) is 9.78 Å². The maximum atomic E-state index is 14.8. The van der Waals surface area contributed by atoms with Crippen molar-refractivity contribution in [2.75, 3.05) is 16.8 Å². The number of anilines is 2. The Morgan fingerprint density at radius 1 is 1.14 bits per heavy atom. The maximum absolute atomic E-state index is 14.8. The van der Waals surface area contributed by atoms with Crippen molar-refractivity contribution in [1.82, 2.24) is 15.2 Å². The molecule has 1 saturated heterocycles. The summed E-state index contributed by atoms with van der Waals surface area (Å²) >= 11 is 0. The van der Waals surface area contributed by atoms with Gasteiger partial charge in [0, 0.05) is 30.2 Å². The van der Waals surface area contributed by atoms with E-state index >= 15 is 0 Å². The first-order valence-corrected chi connectivity index (χ1v) is 12.6. The Kier molecular flexibility index (Phi) is 6.65. The minimum absolute atomic E-state index is 0.147. The molecule has 1 saturated carbocycles. The zero-order chi connectivity index (χ0) is 24.5. The Hall–Kier alpha value is -3.13. The molecule has 0 spiro atoms. The summed E-state index contributed by atoms with van der Waals surface area (Å²) in [6.07, 6.45) is 9.66. The molecule has 3 heterocycles. The monoisotopic (exact) mass is 476 g/mol. The van der Waals surface area contributed by atoms with Crippen molar-refractivity contribution in [3.8, 4) is 0 Å². The zero-order valence-corrected chi connectivity index (χ0v) is 20.4. The highest BCUT2D eigenvalue weighted by Gasteiger charge is 2.28. The smallest absolute Gasteiger partial charge is 0.258 e. The molecule has 0 radical (unpaired) electrons. The van der Waals surface area contributed by atoms with Crippen LogP contribution in [0.15, 0.2) is 36.7 Å². The van der Waals surface area contributed by atoms with Crippen LogP contribution in [-0.4, -0.2) is 39.7 Å². The highest BCUT2D eigenvalue weighted by molar-refractivity contribution is 6.12. The zero-order valence-electron chi connectivity index (χ0n) is 20.4. The molecule has 3 N–H and O–H groups in total. The molecule has 184 valence electrons. The number of fused-ring (bicyclic) bond motifs is 1. The number of hydrogen-bond acceptors (Lipinski definition) is 6. The Labute approximate surface area is 205 Å². The number of nitrogens with two attached hydrogens (primary N) is 1. The van der Waals surface area contributed by atoms with E-state index in [2.05, 4.69) is 39.2 Å². The summed E-state index contributed by atoms with van der Waals surface area (Å²) in [6.45, 7) is 5.24. The highest BCUT2D eigenvalue weighted by atomic mass is 19.1. The average Bonchev–Trinajstić information content (AvgIpc) is 2.84. The van der Waals surface area contributed by atoms with Crippen LogP contribution in [0.5, 0.6) is 0 Å². The van der Waals surface area contributed by atoms with Crippen molar-refractivity contribution in [2.24, 2.45) is 11.7 Å². The molecule has 2 fully saturated rings. The lowest BCUT2D eigenvalue weighted by Crippen LogP contribution is -2.38. The molecule has 1 aromatic carbocycles. The number of aromatic nitrogens is 3. The van der Waals surface area contributed by atoms with Crippen molar-refractivity contribution in [3.63, 3.8) is 0 Å². The Morgan fingerprint density at radius 3 is 2.80 bits per heavy atom. The van der Waals surface area contributed by atoms with Gasteiger partial charge in [0.25, 0.3) is 5.91 Å². The number of hydrogen-bond donors (Lipinski definition) is 2. The number of carbonyl (C=O) groups excluding carboxylic acids is 1. The van der Waals surface area contributed by atoms with Crippen molar-refractivity contribution in [3.05, 3.63) is 53.6 Å². The van der Waals surface area contributed by atoms with E-state index < -0.39 is 5.82 Å². The van der Waals surface area contributed by atoms with E-state index in [4.69, 9.17) is 5.73 Å². The summed E-state index contributed by atoms with van der Waals surface area (Å²) in [5, 5.41) is 12.0. The second kappa shape index (κ2) is 9.85. The molecule has 8 heteroatoms. The summed E-state index contributed by atoms with van der Waals surface area (Å²) in [6, 6.07) is 6.95. The molecular weight excluding hydrogens is 443 g/mol. The van der Waals surface area contributed by atoms with E-state index in [0.29, 0.717) is 28.9 Å². The van der Waals surface area contributed by atoms with Crippen LogP contribution in [0.2, 0.25) is 0 Å². The molecule has 2 aliphatic rings. The van der Waals surface area contributed by atoms with Crippen LogP contribution < -0.4 is 16.0 Å². The number of piperidine rings is 1. The van der Waals surface area contributed by atoms with Crippen molar-refractivity contribution < 1.29 is 9.18 Å². The van der Waals surface area contributed by atoms with E-state index in [0.717, 1.165) is 44.2 Å². The lowest BCUT2D eigenvalue weighted by molar-refractivity contribution is 0.102. The summed E-state index contributed by atoms with van der Waals surface area (Å²) in [4.78, 5) is 19.8. The van der Waals surface area contributed by atoms with Crippen LogP contribution >= 0.6 is 0 Å². The van der Waals surface area contributed by atoms with Gasteiger partial charge in [-0.15, -0.1) is 10.2 Å². The van der Waals surface area contributed by atoms with Crippen LogP contribution in [0, 0.1) is 11.7 Å². The Bertz CT molecular complexity index is 1220. The SMILES string of the molecule is CC1CCCCN1c1cc2c(F)ccc(C(=O)Nc3cnccc3[C@@H]3C[C@H](C)C[C@H](N)C3)c2nn1. The predicted octanol–water partition coefficient (Wildman–Crippen LogP) is 5.03. The van der Waals surface area contributed by atoms with Crippen LogP contribution in [0.25, 0.3) is 10.9 Å². The summed E-state index contributed by atoms with van der Waals surface area (Å²) in [5.41, 5.74) is 8.53. The molecule has 5 rings (SSSR count). The van der Waals surface area contributed by atoms with Gasteiger partial charge >= 0.3 is 0 Å². The molecule has 1 amide bonds. The van der Waals surface area contributed by atoms with Gasteiger partial charge in [0.15, 0.2) is 5.82 Å². The number of pyridine rings is 1. The van der Waals surface area contributed by atoms with Gasteiger partial charge in [-0.25, -0.2) is 4.39 Å². The van der Waals surface area contributed by atoms with Gasteiger partial charge in [-0.2, -0.15) is 0 Å². The van der Waals surface area contributed by atoms with Crippen LogP contribution in [0.4, 0.5) is 15.9 Å². The summed E-state index contributed by atoms with van der Waals surface area (Å²) < 4.78 is 14.8. The van der Waals surface area contributed by atoms with Crippen molar-refractivity contribution >= 4 is 28.3 Å². The maximum Gasteiger partial charge on any atom is 0.258 e. The molecule has 7 nitrogen and oxygen atoms in total. The second-order valence-electron chi connectivity index (χ2n) is 10.3. The van der Waals surface area contributed by atoms with Crippen LogP contribution in [0.1, 0.15) is 74.2 Å². The fourth-order valence-electron chi connectivity index (χ4n) is 5.82. The molecule has 0 bridgehead atoms. The standard InChI is InChI=1S/C27H33FN6O/c1-16-11-18(13-19(29)12-16)20-8-9-30-15-24(20)31-27(35)21-6-7-23(28)22-14-25(32-33-26(21)22)34-10-4-3-5-17(34)2/h6-9,14-19H,3-5,10-13,29H2,1-2H3,(H,31,35)/t16-,17?,18+,19-/m0/s1. The molecule has 4 atom stereocenters. The number of nitrogens with zero attached hydrogens (tertiary/aromatic N) is 4. The first-order chi connectivity index (χ1) is 16.9. The Balaban J connectivity index is 1.45. The third-order valence-electron chi connectivity index (χ3n) is 7.55. The molecule has 1 aliphatic carbocycles. The molecular formula is C27H33FN6O. The lowest BCUT2D eigenvalue weighted by atomic mass is 9.76. The molecule has 1 aliphatic heterocycles. The number of halogens is 1. The third-order valence-corrected chi connectivity index (χ3v) is 7.55. The summed E-state index contributed by atoms with van der Waals surface area (Å²) in [5.74, 6) is 0.661. The average molecular weight is 477 g/mol. The van der Waals surface area contributed by atoms with Crippen LogP contribution in [-0.2, 0) is 0 Å². The molecule has 2 aromatic heterocycles. The first-order valence-electron chi connectivity index (χ1n) is 12.6. The number of amides is 1. The molecule has 35 heavy (non-hydrogen) atoms. The topological polar surface area (TPSA) is 97.0 Å². The Morgan fingerprint density at radius 2 is 2.00 bits per heavy atom. The minimum atomic E-state index is -0.412. The number of rotatable bonds is 4. The minimum Gasteiger partial charge on any atom is -0.352 e. The van der Waals surface area contributed by atoms with Gasteiger partial charge in [-0.1, -0.05) is 6.92 Å². The number of carbonyl (C=O) groups is 1. The van der Waals surface area contributed by atoms with Gasteiger partial charge < -0.3 is 16.0 Å². The van der Waals surface area contributed by atoms with E-state index in [1.807, 2.05) is 6.07 Å². The van der Waals surface area contributed by atoms with Crippen molar-refractivity contribution in [1.29, 1.82) is 0 Å². The van der Waals surface area contributed by atoms with Crippen LogP contribution in [0.3, 0.4) is 0 Å². The van der Waals surface area contributed by atoms with E-state index in [9.17, 15) is 9.18 Å². The van der Waals surface area contributed by atoms with E-state index in [-0.39, 0.29) is 28.9 Å². The number of benzene rings is 1. The first kappa shape index (κ1) is 23.6. The largest absolute Gasteiger partial charge is 0.352 e. The number of nitrogens with one attached hydrogen (secondary N) is 1. The van der Waals surface area contributed by atoms with Gasteiger partial charge in [0.1, 0.15) is 11.3 Å². The van der Waals surface area contributed by atoms with E-state index in [1.54, 1.807) is 18.5 Å². The molecule has 1 unspecified atom stereocenters. The fourth-order valence-corrected chi connectivity index (χ4v) is 5.82. The molecule has 3 aromatic rings.